The van der Waals surface area contributed by atoms with Gasteiger partial charge in [-0.05, 0) is 30.1 Å². The van der Waals surface area contributed by atoms with Gasteiger partial charge in [0.1, 0.15) is 17.4 Å². The molecule has 78 valence electrons. The Morgan fingerprint density at radius 3 is 2.87 bits per heavy atom. The van der Waals surface area contributed by atoms with Gasteiger partial charge in [-0.25, -0.2) is 0 Å². The Morgan fingerprint density at radius 2 is 2.20 bits per heavy atom. The fraction of sp³-hybridized carbons (Fsp3) is 0.182. The number of anilines is 1. The van der Waals surface area contributed by atoms with E-state index in [1.54, 1.807) is 6.20 Å². The van der Waals surface area contributed by atoms with Gasteiger partial charge in [0.2, 0.25) is 0 Å². The summed E-state index contributed by atoms with van der Waals surface area (Å²) in [5.41, 5.74) is 7.79. The lowest BCUT2D eigenvalue weighted by atomic mass is 10.2. The van der Waals surface area contributed by atoms with Crippen LogP contribution in [-0.2, 0) is 6.61 Å². The number of nitrogens with zero attached hydrogens (tertiary/aromatic N) is 1. The minimum Gasteiger partial charge on any atom is -0.488 e. The van der Waals surface area contributed by atoms with Gasteiger partial charge in [-0.1, -0.05) is 18.2 Å². The van der Waals surface area contributed by atoms with Crippen LogP contribution in [0.15, 0.2) is 30.5 Å². The van der Waals surface area contributed by atoms with Crippen molar-refractivity contribution in [3.05, 3.63) is 41.6 Å². The molecule has 2 aromatic rings. The monoisotopic (exact) mass is 220 g/mol. The van der Waals surface area contributed by atoms with E-state index in [9.17, 15) is 0 Å². The molecule has 15 heavy (non-hydrogen) atoms. The minimum atomic E-state index is 0.479. The molecule has 1 aromatic carbocycles. The molecule has 0 aliphatic carbocycles. The van der Waals surface area contributed by atoms with E-state index >= 15 is 0 Å². The molecule has 4 heteroatoms. The van der Waals surface area contributed by atoms with E-state index in [-0.39, 0.29) is 0 Å². The first kappa shape index (κ1) is 9.98. The van der Waals surface area contributed by atoms with Gasteiger partial charge in [0.05, 0.1) is 0 Å². The number of nitrogens with two attached hydrogens (primary N) is 1. The molecule has 0 saturated heterocycles. The smallest absolute Gasteiger partial charge is 0.122 e. The summed E-state index contributed by atoms with van der Waals surface area (Å²) >= 11 is 1.29. The number of benzene rings is 1. The topological polar surface area (TPSA) is 48.1 Å². The van der Waals surface area contributed by atoms with Crippen molar-refractivity contribution in [2.75, 3.05) is 5.73 Å². The molecule has 0 spiro atoms. The highest BCUT2D eigenvalue weighted by Crippen LogP contribution is 2.21. The van der Waals surface area contributed by atoms with Gasteiger partial charge in [0.15, 0.2) is 0 Å². The molecule has 1 aromatic heterocycles. The number of aryl methyl sites for hydroxylation is 1. The van der Waals surface area contributed by atoms with Crippen molar-refractivity contribution in [3.63, 3.8) is 0 Å². The summed E-state index contributed by atoms with van der Waals surface area (Å²) in [5, 5.41) is 0.726. The molecule has 0 unspecified atom stereocenters. The van der Waals surface area contributed by atoms with Crippen molar-refractivity contribution in [2.45, 2.75) is 13.5 Å². The average molecular weight is 220 g/mol. The van der Waals surface area contributed by atoms with Crippen LogP contribution < -0.4 is 10.5 Å². The fourth-order valence-corrected chi connectivity index (χ4v) is 1.77. The summed E-state index contributed by atoms with van der Waals surface area (Å²) in [6.45, 7) is 2.50. The van der Waals surface area contributed by atoms with E-state index < -0.39 is 0 Å². The summed E-state index contributed by atoms with van der Waals surface area (Å²) in [7, 11) is 0. The van der Waals surface area contributed by atoms with Crippen LogP contribution in [-0.4, -0.2) is 4.37 Å². The van der Waals surface area contributed by atoms with Gasteiger partial charge >= 0.3 is 0 Å². The zero-order valence-electron chi connectivity index (χ0n) is 8.43. The lowest BCUT2D eigenvalue weighted by Gasteiger charge is -2.07. The average Bonchev–Trinajstić information content (AvgIpc) is 2.63. The molecule has 0 saturated carbocycles. The Balaban J connectivity index is 2.06. The Morgan fingerprint density at radius 1 is 1.40 bits per heavy atom. The molecule has 0 amide bonds. The highest BCUT2D eigenvalue weighted by Gasteiger charge is 2.03. The van der Waals surface area contributed by atoms with Gasteiger partial charge in [-0.3, -0.25) is 0 Å². The van der Waals surface area contributed by atoms with E-state index in [1.165, 1.54) is 11.5 Å². The van der Waals surface area contributed by atoms with Crippen molar-refractivity contribution in [1.29, 1.82) is 0 Å². The molecule has 2 N–H and O–H groups in total. The zero-order valence-corrected chi connectivity index (χ0v) is 9.25. The predicted molar refractivity (Wildman–Crippen MR) is 62.0 cm³/mol. The molecule has 1 heterocycles. The van der Waals surface area contributed by atoms with Crippen LogP contribution in [0.1, 0.15) is 11.1 Å². The van der Waals surface area contributed by atoms with E-state index in [0.717, 1.165) is 21.9 Å². The first-order valence-electron chi connectivity index (χ1n) is 4.65. The maximum atomic E-state index is 5.72. The molecular formula is C11H12N2OS. The number of para-hydroxylation sites is 1. The van der Waals surface area contributed by atoms with Crippen LogP contribution in [0.2, 0.25) is 0 Å². The molecule has 0 aliphatic heterocycles. The zero-order chi connectivity index (χ0) is 10.7. The highest BCUT2D eigenvalue weighted by molar-refractivity contribution is 7.10. The van der Waals surface area contributed by atoms with Crippen molar-refractivity contribution < 1.29 is 4.74 Å². The third-order valence-corrected chi connectivity index (χ3v) is 2.82. The third-order valence-electron chi connectivity index (χ3n) is 2.15. The quantitative estimate of drug-likeness (QED) is 0.865. The highest BCUT2D eigenvalue weighted by atomic mass is 32.1. The van der Waals surface area contributed by atoms with Crippen molar-refractivity contribution >= 4 is 16.5 Å². The number of nitrogen functional groups attached to an aromatic ring is 1. The first-order chi connectivity index (χ1) is 7.27. The Labute approximate surface area is 92.7 Å². The summed E-state index contributed by atoms with van der Waals surface area (Å²) in [5.74, 6) is 0.892. The van der Waals surface area contributed by atoms with Crippen LogP contribution in [0, 0.1) is 6.92 Å². The normalized spacial score (nSPS) is 10.2. The lowest BCUT2D eigenvalue weighted by molar-refractivity contribution is 0.305. The Kier molecular flexibility index (Phi) is 2.87. The molecule has 0 radical (unpaired) electrons. The number of aromatic nitrogens is 1. The van der Waals surface area contributed by atoms with E-state index in [2.05, 4.69) is 4.37 Å². The third kappa shape index (κ3) is 2.27. The molecule has 0 bridgehead atoms. The standard InChI is InChI=1S/C11H12N2OS/c1-8-4-2-3-5-10(8)14-7-9-6-13-15-11(9)12/h2-6H,7,12H2,1H3. The second-order valence-corrected chi connectivity index (χ2v) is 4.10. The van der Waals surface area contributed by atoms with E-state index in [0.29, 0.717) is 6.61 Å². The van der Waals surface area contributed by atoms with E-state index in [1.807, 2.05) is 31.2 Å². The van der Waals surface area contributed by atoms with Crippen LogP contribution in [0.25, 0.3) is 0 Å². The first-order valence-corrected chi connectivity index (χ1v) is 5.42. The molecule has 2 rings (SSSR count). The Bertz CT molecular complexity index is 453. The van der Waals surface area contributed by atoms with Gasteiger partial charge in [0, 0.05) is 11.8 Å². The maximum Gasteiger partial charge on any atom is 0.122 e. The fourth-order valence-electron chi connectivity index (χ4n) is 1.25. The minimum absolute atomic E-state index is 0.479. The summed E-state index contributed by atoms with van der Waals surface area (Å²) in [4.78, 5) is 0. The summed E-state index contributed by atoms with van der Waals surface area (Å²) in [6, 6.07) is 7.91. The van der Waals surface area contributed by atoms with Gasteiger partial charge in [0.25, 0.3) is 0 Å². The molecular weight excluding hydrogens is 208 g/mol. The van der Waals surface area contributed by atoms with Gasteiger partial charge in [-0.2, -0.15) is 4.37 Å². The van der Waals surface area contributed by atoms with Gasteiger partial charge in [-0.15, -0.1) is 0 Å². The largest absolute Gasteiger partial charge is 0.488 e. The van der Waals surface area contributed by atoms with Crippen LogP contribution in [0.5, 0.6) is 5.75 Å². The number of hydrogen-bond acceptors (Lipinski definition) is 4. The SMILES string of the molecule is Cc1ccccc1OCc1cnsc1N. The second kappa shape index (κ2) is 4.31. The van der Waals surface area contributed by atoms with Crippen molar-refractivity contribution in [3.8, 4) is 5.75 Å². The molecule has 0 aliphatic rings. The van der Waals surface area contributed by atoms with Gasteiger partial charge < -0.3 is 10.5 Å². The van der Waals surface area contributed by atoms with Crippen molar-refractivity contribution in [2.24, 2.45) is 0 Å². The Hall–Kier alpha value is -1.55. The summed E-state index contributed by atoms with van der Waals surface area (Å²) in [6.07, 6.45) is 1.75. The molecule has 3 nitrogen and oxygen atoms in total. The predicted octanol–water partition coefficient (Wildman–Crippen LogP) is 2.61. The van der Waals surface area contributed by atoms with Crippen molar-refractivity contribution in [1.82, 2.24) is 4.37 Å². The maximum absolute atomic E-state index is 5.72. The van der Waals surface area contributed by atoms with Crippen LogP contribution in [0.3, 0.4) is 0 Å². The van der Waals surface area contributed by atoms with Crippen LogP contribution in [0.4, 0.5) is 5.00 Å². The number of rotatable bonds is 3. The number of hydrogen-bond donors (Lipinski definition) is 1. The second-order valence-electron chi connectivity index (χ2n) is 3.27. The molecule has 0 atom stereocenters. The number of ether oxygens (including phenoxy) is 1. The summed E-state index contributed by atoms with van der Waals surface area (Å²) < 4.78 is 9.64. The lowest BCUT2D eigenvalue weighted by Crippen LogP contribution is -1.98. The van der Waals surface area contributed by atoms with E-state index in [4.69, 9.17) is 10.5 Å². The van der Waals surface area contributed by atoms with Crippen LogP contribution >= 0.6 is 11.5 Å². The molecule has 0 fully saturated rings.